The molecule has 5 heteroatoms. The lowest BCUT2D eigenvalue weighted by molar-refractivity contribution is -0.109. The van der Waals surface area contributed by atoms with Crippen LogP contribution in [0.3, 0.4) is 0 Å². The summed E-state index contributed by atoms with van der Waals surface area (Å²) in [6, 6.07) is 7.32. The highest BCUT2D eigenvalue weighted by Gasteiger charge is 2.19. The summed E-state index contributed by atoms with van der Waals surface area (Å²) in [6.45, 7) is 1.94. The van der Waals surface area contributed by atoms with Crippen molar-refractivity contribution in [3.05, 3.63) is 29.8 Å². The Morgan fingerprint density at radius 1 is 1.21 bits per heavy atom. The van der Waals surface area contributed by atoms with E-state index in [-0.39, 0.29) is 18.2 Å². The van der Waals surface area contributed by atoms with Crippen LogP contribution in [0, 0.1) is 0 Å². The molecular formula is C14H22N2O3. The number of amides is 1. The van der Waals surface area contributed by atoms with Gasteiger partial charge in [-0.25, -0.2) is 0 Å². The molecule has 0 saturated heterocycles. The third kappa shape index (κ3) is 3.94. The summed E-state index contributed by atoms with van der Waals surface area (Å²) >= 11 is 0. The Morgan fingerprint density at radius 3 is 2.32 bits per heavy atom. The average molecular weight is 266 g/mol. The molecule has 1 N–H and O–H groups in total. The predicted molar refractivity (Wildman–Crippen MR) is 75.4 cm³/mol. The number of anilines is 1. The zero-order valence-corrected chi connectivity index (χ0v) is 12.1. The number of para-hydroxylation sites is 1. The molecule has 1 rings (SSSR count). The number of carbonyl (C=O) groups is 1. The average Bonchev–Trinajstić information content (AvgIpc) is 2.39. The molecule has 0 saturated carbocycles. The van der Waals surface area contributed by atoms with Crippen LogP contribution in [0.4, 0.5) is 5.69 Å². The first kappa shape index (κ1) is 15.5. The lowest BCUT2D eigenvalue weighted by Gasteiger charge is -2.24. The van der Waals surface area contributed by atoms with Gasteiger partial charge in [-0.2, -0.15) is 0 Å². The molecule has 106 valence electrons. The molecule has 0 bridgehead atoms. The number of methoxy groups -OCH3 is 2. The fraction of sp³-hybridized carbons (Fsp3) is 0.500. The number of ether oxygens (including phenoxy) is 2. The van der Waals surface area contributed by atoms with Crippen molar-refractivity contribution < 1.29 is 14.3 Å². The Bertz CT molecular complexity index is 417. The van der Waals surface area contributed by atoms with Gasteiger partial charge in [-0.15, -0.1) is 0 Å². The smallest absolute Gasteiger partial charge is 0.255 e. The van der Waals surface area contributed by atoms with E-state index in [1.54, 1.807) is 39.3 Å². The molecule has 0 spiro atoms. The normalized spacial score (nSPS) is 12.3. The third-order valence-electron chi connectivity index (χ3n) is 2.82. The van der Waals surface area contributed by atoms with Crippen molar-refractivity contribution in [1.82, 2.24) is 4.90 Å². The highest BCUT2D eigenvalue weighted by atomic mass is 16.7. The summed E-state index contributed by atoms with van der Waals surface area (Å²) in [7, 11) is 6.64. The molecule has 1 aromatic carbocycles. The van der Waals surface area contributed by atoms with E-state index in [0.717, 1.165) is 5.69 Å². The van der Waals surface area contributed by atoms with E-state index in [9.17, 15) is 4.79 Å². The van der Waals surface area contributed by atoms with Crippen molar-refractivity contribution in [1.29, 1.82) is 0 Å². The van der Waals surface area contributed by atoms with Crippen molar-refractivity contribution in [2.45, 2.75) is 19.3 Å². The largest absolute Gasteiger partial charge is 0.377 e. The van der Waals surface area contributed by atoms with E-state index >= 15 is 0 Å². The topological polar surface area (TPSA) is 50.8 Å². The van der Waals surface area contributed by atoms with Gasteiger partial charge < -0.3 is 19.7 Å². The molecule has 19 heavy (non-hydrogen) atoms. The van der Waals surface area contributed by atoms with Crippen LogP contribution in [0.25, 0.3) is 0 Å². The van der Waals surface area contributed by atoms with Gasteiger partial charge in [0.2, 0.25) is 0 Å². The lowest BCUT2D eigenvalue weighted by Crippen LogP contribution is -2.34. The molecule has 1 unspecified atom stereocenters. The molecule has 1 atom stereocenters. The SMILES string of the molecule is COC(OC)C(C)Nc1ccccc1C(=O)N(C)C. The fourth-order valence-corrected chi connectivity index (χ4v) is 1.85. The number of nitrogens with zero attached hydrogens (tertiary/aromatic N) is 1. The van der Waals surface area contributed by atoms with Gasteiger partial charge in [-0.1, -0.05) is 12.1 Å². The summed E-state index contributed by atoms with van der Waals surface area (Å²) in [4.78, 5) is 13.6. The minimum Gasteiger partial charge on any atom is -0.377 e. The van der Waals surface area contributed by atoms with Crippen LogP contribution in [0.5, 0.6) is 0 Å². The molecule has 0 radical (unpaired) electrons. The molecule has 1 aromatic rings. The third-order valence-corrected chi connectivity index (χ3v) is 2.82. The Labute approximate surface area is 114 Å². The van der Waals surface area contributed by atoms with Crippen LogP contribution < -0.4 is 5.32 Å². The van der Waals surface area contributed by atoms with Crippen molar-refractivity contribution >= 4 is 11.6 Å². The van der Waals surface area contributed by atoms with Crippen molar-refractivity contribution in [2.24, 2.45) is 0 Å². The number of hydrogen-bond acceptors (Lipinski definition) is 4. The quantitative estimate of drug-likeness (QED) is 0.798. The van der Waals surface area contributed by atoms with Crippen molar-refractivity contribution in [3.8, 4) is 0 Å². The predicted octanol–water partition coefficient (Wildman–Crippen LogP) is 1.81. The number of hydrogen-bond donors (Lipinski definition) is 1. The minimum absolute atomic E-state index is 0.0401. The van der Waals surface area contributed by atoms with E-state index in [1.165, 1.54) is 0 Å². The summed E-state index contributed by atoms with van der Waals surface area (Å²) in [5, 5.41) is 3.25. The summed E-state index contributed by atoms with van der Waals surface area (Å²) in [5.41, 5.74) is 1.40. The van der Waals surface area contributed by atoms with Crippen LogP contribution in [-0.2, 0) is 9.47 Å². The van der Waals surface area contributed by atoms with Gasteiger partial charge >= 0.3 is 0 Å². The standard InChI is InChI=1S/C14H22N2O3/c1-10(14(18-4)19-5)15-12-9-7-6-8-11(12)13(17)16(2)3/h6-10,14-15H,1-5H3. The highest BCUT2D eigenvalue weighted by Crippen LogP contribution is 2.18. The molecule has 0 fully saturated rings. The van der Waals surface area contributed by atoms with Gasteiger partial charge in [0.25, 0.3) is 5.91 Å². The molecule has 0 aromatic heterocycles. The molecule has 5 nitrogen and oxygen atoms in total. The first-order chi connectivity index (χ1) is 9.01. The monoisotopic (exact) mass is 266 g/mol. The summed E-state index contributed by atoms with van der Waals surface area (Å²) < 4.78 is 10.4. The number of rotatable bonds is 6. The maximum Gasteiger partial charge on any atom is 0.255 e. The number of carbonyl (C=O) groups excluding carboxylic acids is 1. The van der Waals surface area contributed by atoms with E-state index in [0.29, 0.717) is 5.56 Å². The van der Waals surface area contributed by atoms with E-state index in [2.05, 4.69) is 5.32 Å². The van der Waals surface area contributed by atoms with Crippen molar-refractivity contribution in [2.75, 3.05) is 33.6 Å². The Hall–Kier alpha value is -1.59. The second-order valence-corrected chi connectivity index (χ2v) is 4.52. The first-order valence-corrected chi connectivity index (χ1v) is 6.14. The molecular weight excluding hydrogens is 244 g/mol. The first-order valence-electron chi connectivity index (χ1n) is 6.14. The van der Waals surface area contributed by atoms with Gasteiger partial charge in [0.15, 0.2) is 6.29 Å². The summed E-state index contributed by atoms with van der Waals surface area (Å²) in [5.74, 6) is -0.0401. The van der Waals surface area contributed by atoms with Crippen LogP contribution in [0.15, 0.2) is 24.3 Å². The zero-order chi connectivity index (χ0) is 14.4. The van der Waals surface area contributed by atoms with Crippen LogP contribution in [0.1, 0.15) is 17.3 Å². The maximum absolute atomic E-state index is 12.1. The van der Waals surface area contributed by atoms with E-state index in [1.807, 2.05) is 25.1 Å². The Balaban J connectivity index is 2.92. The number of nitrogens with one attached hydrogen (secondary N) is 1. The van der Waals surface area contributed by atoms with Gasteiger partial charge in [-0.3, -0.25) is 4.79 Å². The second kappa shape index (κ2) is 7.11. The van der Waals surface area contributed by atoms with Gasteiger partial charge in [0, 0.05) is 34.0 Å². The van der Waals surface area contributed by atoms with Crippen LogP contribution in [0.2, 0.25) is 0 Å². The van der Waals surface area contributed by atoms with Gasteiger partial charge in [-0.05, 0) is 19.1 Å². The highest BCUT2D eigenvalue weighted by molar-refractivity contribution is 5.99. The minimum atomic E-state index is -0.373. The molecule has 0 aliphatic heterocycles. The second-order valence-electron chi connectivity index (χ2n) is 4.52. The van der Waals surface area contributed by atoms with Gasteiger partial charge in [0.05, 0.1) is 11.6 Å². The van der Waals surface area contributed by atoms with Crippen molar-refractivity contribution in [3.63, 3.8) is 0 Å². The lowest BCUT2D eigenvalue weighted by atomic mass is 10.1. The maximum atomic E-state index is 12.1. The fourth-order valence-electron chi connectivity index (χ4n) is 1.85. The summed E-state index contributed by atoms with van der Waals surface area (Å²) in [6.07, 6.45) is -0.373. The number of benzene rings is 1. The van der Waals surface area contributed by atoms with E-state index in [4.69, 9.17) is 9.47 Å². The van der Waals surface area contributed by atoms with Crippen LogP contribution in [-0.4, -0.2) is 51.5 Å². The van der Waals surface area contributed by atoms with Gasteiger partial charge in [0.1, 0.15) is 0 Å². The Morgan fingerprint density at radius 2 is 1.79 bits per heavy atom. The molecule has 0 heterocycles. The molecule has 0 aliphatic carbocycles. The van der Waals surface area contributed by atoms with E-state index < -0.39 is 0 Å². The molecule has 0 aliphatic rings. The zero-order valence-electron chi connectivity index (χ0n) is 12.1. The van der Waals surface area contributed by atoms with Crippen LogP contribution >= 0.6 is 0 Å². The molecule has 1 amide bonds. The Kier molecular flexibility index (Phi) is 5.79.